The van der Waals surface area contributed by atoms with Gasteiger partial charge in [-0.1, -0.05) is 23.5 Å². The fraction of sp³-hybridized carbons (Fsp3) is 0.227. The van der Waals surface area contributed by atoms with Gasteiger partial charge < -0.3 is 13.9 Å². The summed E-state index contributed by atoms with van der Waals surface area (Å²) in [7, 11) is 1.57. The summed E-state index contributed by atoms with van der Waals surface area (Å²) in [4.78, 5) is 31.5. The second-order valence-electron chi connectivity index (χ2n) is 6.85. The van der Waals surface area contributed by atoms with Crippen molar-refractivity contribution in [2.24, 2.45) is 4.99 Å². The molecule has 3 heterocycles. The first-order valence-electron chi connectivity index (χ1n) is 9.62. The number of esters is 1. The fourth-order valence-electron chi connectivity index (χ4n) is 3.48. The Bertz CT molecular complexity index is 1400. The molecule has 10 heteroatoms. The van der Waals surface area contributed by atoms with E-state index < -0.39 is 12.0 Å². The molecule has 32 heavy (non-hydrogen) atoms. The van der Waals surface area contributed by atoms with Crippen LogP contribution in [0.25, 0.3) is 6.08 Å². The zero-order valence-electron chi connectivity index (χ0n) is 17.3. The number of rotatable bonds is 5. The molecule has 166 valence electrons. The molecule has 1 aromatic carbocycles. The van der Waals surface area contributed by atoms with Crippen molar-refractivity contribution in [3.63, 3.8) is 0 Å². The van der Waals surface area contributed by atoms with Crippen molar-refractivity contribution in [1.82, 2.24) is 4.57 Å². The van der Waals surface area contributed by atoms with Crippen LogP contribution >= 0.6 is 49.9 Å². The van der Waals surface area contributed by atoms with Gasteiger partial charge in [0.15, 0.2) is 8.57 Å². The SMILES string of the molecule is CCOC(=O)C1=C(C)N=c2s/c(=C/c3cc(Br)c(I)o3)c(=O)n2[C@@H]1c1cccc(OC)c1. The second-order valence-corrected chi connectivity index (χ2v) is 9.69. The van der Waals surface area contributed by atoms with E-state index in [-0.39, 0.29) is 12.2 Å². The van der Waals surface area contributed by atoms with Gasteiger partial charge in [0.2, 0.25) is 0 Å². The highest BCUT2D eigenvalue weighted by Gasteiger charge is 2.33. The van der Waals surface area contributed by atoms with Crippen LogP contribution in [0.4, 0.5) is 0 Å². The van der Waals surface area contributed by atoms with Crippen molar-refractivity contribution in [1.29, 1.82) is 0 Å². The molecular weight excluding hydrogens is 611 g/mol. The minimum Gasteiger partial charge on any atom is -0.497 e. The molecule has 1 aliphatic heterocycles. The van der Waals surface area contributed by atoms with Gasteiger partial charge in [-0.2, -0.15) is 0 Å². The van der Waals surface area contributed by atoms with Gasteiger partial charge in [-0.05, 0) is 53.5 Å². The number of carbonyl (C=O) groups excluding carboxylic acids is 1. The molecule has 0 aliphatic carbocycles. The van der Waals surface area contributed by atoms with Crippen molar-refractivity contribution in [2.45, 2.75) is 19.9 Å². The summed E-state index contributed by atoms with van der Waals surface area (Å²) in [6, 6.07) is 8.41. The number of ether oxygens (including phenoxy) is 2. The number of halogens is 2. The summed E-state index contributed by atoms with van der Waals surface area (Å²) in [6.07, 6.45) is 1.68. The molecule has 0 saturated heterocycles. The molecule has 0 amide bonds. The highest BCUT2D eigenvalue weighted by molar-refractivity contribution is 14.1. The fourth-order valence-corrected chi connectivity index (χ4v) is 5.23. The van der Waals surface area contributed by atoms with Crippen molar-refractivity contribution in [2.75, 3.05) is 13.7 Å². The number of hydrogen-bond donors (Lipinski definition) is 0. The third-order valence-corrected chi connectivity index (χ3v) is 7.98. The highest BCUT2D eigenvalue weighted by Crippen LogP contribution is 2.32. The maximum absolute atomic E-state index is 13.5. The minimum absolute atomic E-state index is 0.219. The van der Waals surface area contributed by atoms with Crippen LogP contribution in [-0.2, 0) is 9.53 Å². The van der Waals surface area contributed by atoms with Crippen LogP contribution in [0.2, 0.25) is 0 Å². The van der Waals surface area contributed by atoms with Crippen LogP contribution in [0.3, 0.4) is 0 Å². The van der Waals surface area contributed by atoms with Crippen molar-refractivity contribution < 1.29 is 18.7 Å². The molecule has 0 radical (unpaired) electrons. The normalized spacial score (nSPS) is 16.0. The lowest BCUT2D eigenvalue weighted by molar-refractivity contribution is -0.139. The zero-order valence-corrected chi connectivity index (χ0v) is 21.9. The van der Waals surface area contributed by atoms with Gasteiger partial charge in [0.25, 0.3) is 5.56 Å². The zero-order chi connectivity index (χ0) is 23.0. The summed E-state index contributed by atoms with van der Waals surface area (Å²) in [5.74, 6) is 0.670. The predicted octanol–water partition coefficient (Wildman–Crippen LogP) is 3.77. The van der Waals surface area contributed by atoms with Crippen LogP contribution in [-0.4, -0.2) is 24.3 Å². The first kappa shape index (κ1) is 23.0. The van der Waals surface area contributed by atoms with E-state index in [2.05, 4.69) is 43.5 Å². The maximum atomic E-state index is 13.5. The molecule has 3 aromatic rings. The molecule has 1 aliphatic rings. The van der Waals surface area contributed by atoms with E-state index in [1.54, 1.807) is 33.1 Å². The summed E-state index contributed by atoms with van der Waals surface area (Å²) >= 11 is 6.73. The third kappa shape index (κ3) is 4.23. The van der Waals surface area contributed by atoms with Gasteiger partial charge >= 0.3 is 5.97 Å². The number of fused-ring (bicyclic) bond motifs is 1. The molecule has 0 saturated carbocycles. The molecule has 7 nitrogen and oxygen atoms in total. The predicted molar refractivity (Wildman–Crippen MR) is 133 cm³/mol. The van der Waals surface area contributed by atoms with E-state index in [9.17, 15) is 9.59 Å². The van der Waals surface area contributed by atoms with Gasteiger partial charge in [0.1, 0.15) is 11.5 Å². The quantitative estimate of drug-likeness (QED) is 0.317. The molecule has 2 aromatic heterocycles. The number of methoxy groups -OCH3 is 1. The van der Waals surface area contributed by atoms with E-state index in [1.165, 1.54) is 15.9 Å². The Balaban J connectivity index is 1.97. The van der Waals surface area contributed by atoms with E-state index in [0.717, 1.165) is 10.0 Å². The topological polar surface area (TPSA) is 83.0 Å². The van der Waals surface area contributed by atoms with Gasteiger partial charge in [-0.3, -0.25) is 9.36 Å². The highest BCUT2D eigenvalue weighted by atomic mass is 127. The molecule has 0 spiro atoms. The lowest BCUT2D eigenvalue weighted by atomic mass is 9.95. The number of furan rings is 1. The summed E-state index contributed by atoms with van der Waals surface area (Å²) in [5.41, 5.74) is 1.30. The second kappa shape index (κ2) is 9.36. The average molecular weight is 629 g/mol. The first-order chi connectivity index (χ1) is 15.3. The number of allylic oxidation sites excluding steroid dienone is 1. The van der Waals surface area contributed by atoms with Crippen molar-refractivity contribution in [3.8, 4) is 5.75 Å². The smallest absolute Gasteiger partial charge is 0.338 e. The van der Waals surface area contributed by atoms with Crippen molar-refractivity contribution in [3.05, 3.63) is 80.9 Å². The Hall–Kier alpha value is -2.18. The summed E-state index contributed by atoms with van der Waals surface area (Å²) in [5, 5.41) is 0. The number of thiazole rings is 1. The summed E-state index contributed by atoms with van der Waals surface area (Å²) < 4.78 is 19.8. The molecule has 0 bridgehead atoms. The Morgan fingerprint density at radius 1 is 1.41 bits per heavy atom. The number of hydrogen-bond acceptors (Lipinski definition) is 7. The van der Waals surface area contributed by atoms with Crippen LogP contribution in [0, 0.1) is 3.77 Å². The number of benzene rings is 1. The minimum atomic E-state index is -0.689. The van der Waals surface area contributed by atoms with Gasteiger partial charge in [-0.25, -0.2) is 9.79 Å². The third-order valence-electron chi connectivity index (χ3n) is 4.86. The molecule has 4 rings (SSSR count). The van der Waals surface area contributed by atoms with Gasteiger partial charge in [0.05, 0.1) is 40.0 Å². The summed E-state index contributed by atoms with van der Waals surface area (Å²) in [6.45, 7) is 3.71. The van der Waals surface area contributed by atoms with E-state index >= 15 is 0 Å². The maximum Gasteiger partial charge on any atom is 0.338 e. The molecule has 0 N–H and O–H groups in total. The number of nitrogens with zero attached hydrogens (tertiary/aromatic N) is 2. The van der Waals surface area contributed by atoms with Crippen LogP contribution in [0.1, 0.15) is 31.2 Å². The lowest BCUT2D eigenvalue weighted by Gasteiger charge is -2.24. The molecule has 0 unspecified atom stereocenters. The van der Waals surface area contributed by atoms with Crippen LogP contribution in [0.15, 0.2) is 60.3 Å². The Labute approximate surface area is 209 Å². The largest absolute Gasteiger partial charge is 0.497 e. The molecular formula is C22H18BrIN2O5S. The monoisotopic (exact) mass is 628 g/mol. The Morgan fingerprint density at radius 3 is 2.84 bits per heavy atom. The van der Waals surface area contributed by atoms with Crippen LogP contribution < -0.4 is 19.6 Å². The number of carbonyl (C=O) groups is 1. The van der Waals surface area contributed by atoms with Gasteiger partial charge in [-0.15, -0.1) is 0 Å². The average Bonchev–Trinajstić information content (AvgIpc) is 3.24. The Morgan fingerprint density at radius 2 is 2.19 bits per heavy atom. The van der Waals surface area contributed by atoms with E-state index in [0.29, 0.717) is 35.9 Å². The first-order valence-corrected chi connectivity index (χ1v) is 12.3. The molecule has 0 fully saturated rings. The van der Waals surface area contributed by atoms with Gasteiger partial charge in [0, 0.05) is 28.7 Å². The number of aromatic nitrogens is 1. The van der Waals surface area contributed by atoms with Crippen molar-refractivity contribution >= 4 is 61.9 Å². The van der Waals surface area contributed by atoms with E-state index in [4.69, 9.17) is 13.9 Å². The van der Waals surface area contributed by atoms with E-state index in [1.807, 2.05) is 24.3 Å². The molecule has 1 atom stereocenters. The Kier molecular flexibility index (Phi) is 6.72. The standard InChI is InChI=1S/C22H18BrIN2O5S/c1-4-30-21(28)17-11(2)25-22-26(18(17)12-6-5-7-13(8-12)29-3)20(27)16(32-22)10-14-9-15(23)19(24)31-14/h5-10,18H,4H2,1-3H3/b16-10+/t18-/m1/s1. The van der Waals surface area contributed by atoms with Crippen LogP contribution in [0.5, 0.6) is 5.75 Å². The lowest BCUT2D eigenvalue weighted by Crippen LogP contribution is -2.39.